The Balaban J connectivity index is 1.98. The predicted octanol–water partition coefficient (Wildman–Crippen LogP) is 3.12. The number of aryl methyl sites for hydroxylation is 1. The van der Waals surface area contributed by atoms with Gasteiger partial charge in [0.05, 0.1) is 10.6 Å². The molecule has 3 rings (SSSR count). The lowest BCUT2D eigenvalue weighted by Crippen LogP contribution is -2.21. The smallest absolute Gasteiger partial charge is 0.265 e. The Morgan fingerprint density at radius 3 is 2.12 bits per heavy atom. The highest BCUT2D eigenvalue weighted by molar-refractivity contribution is 7.89. The molecule has 1 heterocycles. The third-order valence-electron chi connectivity index (χ3n) is 3.61. The Morgan fingerprint density at radius 1 is 0.880 bits per heavy atom. The fourth-order valence-corrected chi connectivity index (χ4v) is 3.09. The summed E-state index contributed by atoms with van der Waals surface area (Å²) in [5.41, 5.74) is 3.09. The summed E-state index contributed by atoms with van der Waals surface area (Å²) in [6.45, 7) is 1.90. The lowest BCUT2D eigenvalue weighted by molar-refractivity contribution is 0.584. The van der Waals surface area contributed by atoms with Crippen LogP contribution in [0.25, 0.3) is 0 Å². The average Bonchev–Trinajstić information content (AvgIpc) is 2.64. The number of aromatic nitrogens is 1. The summed E-state index contributed by atoms with van der Waals surface area (Å²) in [6.07, 6.45) is 3.28. The van der Waals surface area contributed by atoms with E-state index in [1.165, 1.54) is 0 Å². The molecule has 0 unspecified atom stereocenters. The van der Waals surface area contributed by atoms with Crippen molar-refractivity contribution in [3.63, 3.8) is 0 Å². The van der Waals surface area contributed by atoms with Gasteiger partial charge in [0.1, 0.15) is 0 Å². The minimum absolute atomic E-state index is 0.170. The zero-order valence-corrected chi connectivity index (χ0v) is 14.4. The standard InChI is InChI=1S/C19H17N3O2S/c1-15-7-9-18(10-8-15)25(23,24)22-21-19(16-5-3-2-4-6-16)17-11-13-20-14-12-17/h2-14,22H,1H3. The molecule has 0 aliphatic carbocycles. The highest BCUT2D eigenvalue weighted by Gasteiger charge is 2.14. The monoisotopic (exact) mass is 351 g/mol. The van der Waals surface area contributed by atoms with E-state index in [9.17, 15) is 8.42 Å². The van der Waals surface area contributed by atoms with Crippen LogP contribution < -0.4 is 4.83 Å². The van der Waals surface area contributed by atoms with Gasteiger partial charge < -0.3 is 0 Å². The summed E-state index contributed by atoms with van der Waals surface area (Å²) in [7, 11) is -3.74. The van der Waals surface area contributed by atoms with E-state index < -0.39 is 10.0 Å². The van der Waals surface area contributed by atoms with Crippen LogP contribution in [-0.2, 0) is 10.0 Å². The van der Waals surface area contributed by atoms with Gasteiger partial charge in [0.25, 0.3) is 10.0 Å². The molecule has 0 aliphatic rings. The number of hydrogen-bond donors (Lipinski definition) is 1. The number of sulfonamides is 1. The zero-order chi connectivity index (χ0) is 17.7. The molecule has 0 atom stereocenters. The first-order valence-electron chi connectivity index (χ1n) is 7.68. The highest BCUT2D eigenvalue weighted by Crippen LogP contribution is 2.12. The van der Waals surface area contributed by atoms with Gasteiger partial charge in [-0.2, -0.15) is 18.4 Å². The fourth-order valence-electron chi connectivity index (χ4n) is 2.28. The van der Waals surface area contributed by atoms with E-state index in [1.807, 2.05) is 37.3 Å². The number of pyridine rings is 1. The van der Waals surface area contributed by atoms with Crippen LogP contribution in [0.15, 0.2) is 89.1 Å². The Kier molecular flexibility index (Phi) is 4.90. The second kappa shape index (κ2) is 7.27. The maximum atomic E-state index is 12.5. The lowest BCUT2D eigenvalue weighted by Gasteiger charge is -2.09. The topological polar surface area (TPSA) is 71.4 Å². The molecule has 126 valence electrons. The summed E-state index contributed by atoms with van der Waals surface area (Å²) in [5, 5.41) is 4.19. The van der Waals surface area contributed by atoms with Crippen molar-refractivity contribution < 1.29 is 8.42 Å². The van der Waals surface area contributed by atoms with Crippen molar-refractivity contribution in [2.45, 2.75) is 11.8 Å². The van der Waals surface area contributed by atoms with Crippen molar-refractivity contribution in [3.8, 4) is 0 Å². The van der Waals surface area contributed by atoms with Crippen molar-refractivity contribution in [3.05, 3.63) is 95.8 Å². The molecule has 1 N–H and O–H groups in total. The molecule has 2 aromatic carbocycles. The van der Waals surface area contributed by atoms with Gasteiger partial charge in [0, 0.05) is 23.5 Å². The largest absolute Gasteiger partial charge is 0.276 e. The first-order valence-corrected chi connectivity index (χ1v) is 9.16. The number of nitrogens with one attached hydrogen (secondary N) is 1. The Morgan fingerprint density at radius 2 is 1.48 bits per heavy atom. The molecule has 0 amide bonds. The van der Waals surface area contributed by atoms with Crippen LogP contribution in [0.4, 0.5) is 0 Å². The normalized spacial score (nSPS) is 12.0. The van der Waals surface area contributed by atoms with Gasteiger partial charge in [0.2, 0.25) is 0 Å². The summed E-state index contributed by atoms with van der Waals surface area (Å²) in [4.78, 5) is 6.49. The summed E-state index contributed by atoms with van der Waals surface area (Å²) in [5.74, 6) is 0. The van der Waals surface area contributed by atoms with Crippen LogP contribution >= 0.6 is 0 Å². The quantitative estimate of drug-likeness (QED) is 0.567. The second-order valence-electron chi connectivity index (χ2n) is 5.47. The molecule has 0 saturated carbocycles. The number of benzene rings is 2. The molecular weight excluding hydrogens is 334 g/mol. The second-order valence-corrected chi connectivity index (χ2v) is 7.13. The van der Waals surface area contributed by atoms with Gasteiger partial charge in [-0.1, -0.05) is 48.0 Å². The molecule has 0 radical (unpaired) electrons. The van der Waals surface area contributed by atoms with E-state index in [4.69, 9.17) is 0 Å². The predicted molar refractivity (Wildman–Crippen MR) is 97.8 cm³/mol. The fraction of sp³-hybridized carbons (Fsp3) is 0.0526. The van der Waals surface area contributed by atoms with Gasteiger partial charge in [-0.25, -0.2) is 0 Å². The van der Waals surface area contributed by atoms with Crippen molar-refractivity contribution in [1.29, 1.82) is 0 Å². The molecule has 0 saturated heterocycles. The van der Waals surface area contributed by atoms with E-state index in [-0.39, 0.29) is 4.90 Å². The minimum atomic E-state index is -3.74. The SMILES string of the molecule is Cc1ccc(S(=O)(=O)NN=C(c2ccccc2)c2ccncc2)cc1. The van der Waals surface area contributed by atoms with Crippen LogP contribution in [0.2, 0.25) is 0 Å². The Labute approximate surface area is 147 Å². The average molecular weight is 351 g/mol. The van der Waals surface area contributed by atoms with Gasteiger partial charge in [0.15, 0.2) is 0 Å². The maximum absolute atomic E-state index is 12.5. The molecule has 0 spiro atoms. The van der Waals surface area contributed by atoms with Crippen molar-refractivity contribution in [2.75, 3.05) is 0 Å². The molecule has 3 aromatic rings. The van der Waals surface area contributed by atoms with Crippen LogP contribution in [0.1, 0.15) is 16.7 Å². The van der Waals surface area contributed by atoms with Crippen molar-refractivity contribution in [1.82, 2.24) is 9.82 Å². The summed E-state index contributed by atoms with van der Waals surface area (Å²) in [6, 6.07) is 19.6. The Hall–Kier alpha value is -2.99. The van der Waals surface area contributed by atoms with Gasteiger partial charge in [-0.3, -0.25) is 4.98 Å². The number of hydrazone groups is 1. The van der Waals surface area contributed by atoms with Crippen LogP contribution in [0.3, 0.4) is 0 Å². The van der Waals surface area contributed by atoms with E-state index >= 15 is 0 Å². The third-order valence-corrected chi connectivity index (χ3v) is 4.83. The van der Waals surface area contributed by atoms with Gasteiger partial charge in [-0.15, -0.1) is 0 Å². The van der Waals surface area contributed by atoms with Gasteiger partial charge in [-0.05, 0) is 31.2 Å². The molecule has 1 aromatic heterocycles. The van der Waals surface area contributed by atoms with Gasteiger partial charge >= 0.3 is 0 Å². The van der Waals surface area contributed by atoms with E-state index in [0.29, 0.717) is 5.71 Å². The summed E-state index contributed by atoms with van der Waals surface area (Å²) < 4.78 is 25.0. The number of nitrogens with zero attached hydrogens (tertiary/aromatic N) is 2. The lowest BCUT2D eigenvalue weighted by atomic mass is 10.0. The molecule has 0 bridgehead atoms. The maximum Gasteiger partial charge on any atom is 0.276 e. The number of hydrogen-bond acceptors (Lipinski definition) is 4. The zero-order valence-electron chi connectivity index (χ0n) is 13.6. The van der Waals surface area contributed by atoms with E-state index in [2.05, 4.69) is 14.9 Å². The minimum Gasteiger partial charge on any atom is -0.265 e. The summed E-state index contributed by atoms with van der Waals surface area (Å²) >= 11 is 0. The molecular formula is C19H17N3O2S. The third kappa shape index (κ3) is 4.10. The van der Waals surface area contributed by atoms with Crippen LogP contribution in [-0.4, -0.2) is 19.1 Å². The van der Waals surface area contributed by atoms with Crippen LogP contribution in [0.5, 0.6) is 0 Å². The Bertz CT molecular complexity index is 927. The van der Waals surface area contributed by atoms with Crippen LogP contribution in [0, 0.1) is 6.92 Å². The molecule has 5 nitrogen and oxygen atoms in total. The van der Waals surface area contributed by atoms with E-state index in [0.717, 1.165) is 16.7 Å². The molecule has 25 heavy (non-hydrogen) atoms. The highest BCUT2D eigenvalue weighted by atomic mass is 32.2. The van der Waals surface area contributed by atoms with Crippen molar-refractivity contribution >= 4 is 15.7 Å². The molecule has 0 aliphatic heterocycles. The number of rotatable bonds is 5. The van der Waals surface area contributed by atoms with E-state index in [1.54, 1.807) is 48.8 Å². The van der Waals surface area contributed by atoms with Crippen molar-refractivity contribution in [2.24, 2.45) is 5.10 Å². The first kappa shape index (κ1) is 16.9. The molecule has 0 fully saturated rings. The molecule has 6 heteroatoms. The first-order chi connectivity index (χ1) is 12.1.